The number of benzene rings is 2. The molecule has 1 aromatic heterocycles. The van der Waals surface area contributed by atoms with E-state index in [-0.39, 0.29) is 11.7 Å². The molecule has 3 rings (SSSR count). The number of anilines is 1. The molecule has 1 heterocycles. The van der Waals surface area contributed by atoms with Gasteiger partial charge < -0.3 is 15.0 Å². The Labute approximate surface area is 168 Å². The van der Waals surface area contributed by atoms with E-state index in [1.807, 2.05) is 49.4 Å². The zero-order chi connectivity index (χ0) is 19.9. The summed E-state index contributed by atoms with van der Waals surface area (Å²) in [4.78, 5) is 30.7. The monoisotopic (exact) mass is 397 g/mol. The summed E-state index contributed by atoms with van der Waals surface area (Å²) >= 11 is 1.35. The van der Waals surface area contributed by atoms with Crippen molar-refractivity contribution in [1.29, 1.82) is 0 Å². The zero-order valence-corrected chi connectivity index (χ0v) is 16.8. The Morgan fingerprint density at radius 1 is 1.14 bits per heavy atom. The van der Waals surface area contributed by atoms with Gasteiger partial charge in [-0.15, -0.1) is 11.3 Å². The third kappa shape index (κ3) is 4.67. The molecule has 0 fully saturated rings. The second-order valence-corrected chi connectivity index (χ2v) is 7.17. The Hall–Kier alpha value is -2.93. The SMILES string of the molecule is CCCN(Cc1nc(C(=O)OCC)cs1)C(=O)Nc1cccc2ccccc12. The van der Waals surface area contributed by atoms with Crippen LogP contribution in [0.5, 0.6) is 0 Å². The molecule has 0 aliphatic heterocycles. The lowest BCUT2D eigenvalue weighted by molar-refractivity contribution is 0.0520. The van der Waals surface area contributed by atoms with Gasteiger partial charge in [-0.3, -0.25) is 0 Å². The van der Waals surface area contributed by atoms with Crippen LogP contribution >= 0.6 is 11.3 Å². The topological polar surface area (TPSA) is 71.5 Å². The second kappa shape index (κ2) is 9.32. The number of hydrogen-bond acceptors (Lipinski definition) is 5. The van der Waals surface area contributed by atoms with Crippen molar-refractivity contribution in [2.24, 2.45) is 0 Å². The highest BCUT2D eigenvalue weighted by molar-refractivity contribution is 7.09. The molecule has 0 saturated carbocycles. The van der Waals surface area contributed by atoms with Gasteiger partial charge in [0.25, 0.3) is 0 Å². The molecule has 146 valence electrons. The number of nitrogens with zero attached hydrogens (tertiary/aromatic N) is 2. The number of ether oxygens (including phenoxy) is 1. The Bertz CT molecular complexity index is 965. The maximum atomic E-state index is 12.9. The molecule has 28 heavy (non-hydrogen) atoms. The minimum Gasteiger partial charge on any atom is -0.461 e. The number of amides is 2. The minimum atomic E-state index is -0.438. The van der Waals surface area contributed by atoms with Crippen molar-refractivity contribution in [2.45, 2.75) is 26.8 Å². The van der Waals surface area contributed by atoms with Crippen LogP contribution in [0.4, 0.5) is 10.5 Å². The fourth-order valence-electron chi connectivity index (χ4n) is 2.90. The van der Waals surface area contributed by atoms with Crippen LogP contribution in [0.1, 0.15) is 35.8 Å². The Kier molecular flexibility index (Phi) is 6.60. The van der Waals surface area contributed by atoms with Gasteiger partial charge in [0, 0.05) is 17.3 Å². The third-order valence-electron chi connectivity index (χ3n) is 4.17. The molecular weight excluding hydrogens is 374 g/mol. The Morgan fingerprint density at radius 2 is 1.93 bits per heavy atom. The van der Waals surface area contributed by atoms with Crippen LogP contribution in [0.3, 0.4) is 0 Å². The average Bonchev–Trinajstić information content (AvgIpc) is 3.17. The number of aromatic nitrogens is 1. The molecule has 3 aromatic rings. The number of rotatable bonds is 7. The van der Waals surface area contributed by atoms with Gasteiger partial charge in [0.05, 0.1) is 18.8 Å². The van der Waals surface area contributed by atoms with Crippen molar-refractivity contribution in [3.63, 3.8) is 0 Å². The van der Waals surface area contributed by atoms with Crippen molar-refractivity contribution >= 4 is 39.8 Å². The van der Waals surface area contributed by atoms with E-state index in [0.29, 0.717) is 24.7 Å². The van der Waals surface area contributed by atoms with E-state index in [0.717, 1.165) is 22.9 Å². The molecule has 2 amide bonds. The van der Waals surface area contributed by atoms with Crippen molar-refractivity contribution in [2.75, 3.05) is 18.5 Å². The van der Waals surface area contributed by atoms with E-state index in [2.05, 4.69) is 10.3 Å². The lowest BCUT2D eigenvalue weighted by Gasteiger charge is -2.22. The standard InChI is InChI=1S/C21H23N3O3S/c1-3-12-24(13-19-22-18(14-28-19)20(25)27-4-2)21(26)23-17-11-7-9-15-8-5-6-10-16(15)17/h5-11,14H,3-4,12-13H2,1-2H3,(H,23,26). The molecule has 6 nitrogen and oxygen atoms in total. The zero-order valence-electron chi connectivity index (χ0n) is 16.0. The highest BCUT2D eigenvalue weighted by Crippen LogP contribution is 2.23. The summed E-state index contributed by atoms with van der Waals surface area (Å²) in [6.45, 7) is 5.01. The van der Waals surface area contributed by atoms with Gasteiger partial charge in [-0.2, -0.15) is 0 Å². The van der Waals surface area contributed by atoms with Crippen molar-refractivity contribution in [1.82, 2.24) is 9.88 Å². The predicted octanol–water partition coefficient (Wildman–Crippen LogP) is 4.92. The number of esters is 1. The van der Waals surface area contributed by atoms with E-state index in [4.69, 9.17) is 4.74 Å². The van der Waals surface area contributed by atoms with Crippen LogP contribution in [0.25, 0.3) is 10.8 Å². The number of carbonyl (C=O) groups excluding carboxylic acids is 2. The highest BCUT2D eigenvalue weighted by atomic mass is 32.1. The number of thiazole rings is 1. The van der Waals surface area contributed by atoms with E-state index in [1.54, 1.807) is 17.2 Å². The molecule has 0 saturated heterocycles. The summed E-state index contributed by atoms with van der Waals surface area (Å²) in [5.74, 6) is -0.438. The third-order valence-corrected chi connectivity index (χ3v) is 5.01. The molecule has 0 spiro atoms. The molecule has 0 aliphatic carbocycles. The summed E-state index contributed by atoms with van der Waals surface area (Å²) in [5, 5.41) is 7.44. The number of urea groups is 1. The molecule has 0 radical (unpaired) electrons. The molecule has 0 aliphatic rings. The van der Waals surface area contributed by atoms with Crippen LogP contribution in [0, 0.1) is 0 Å². The number of carbonyl (C=O) groups is 2. The van der Waals surface area contributed by atoms with Crippen molar-refractivity contribution < 1.29 is 14.3 Å². The van der Waals surface area contributed by atoms with Crippen LogP contribution in [-0.4, -0.2) is 35.0 Å². The fraction of sp³-hybridized carbons (Fsp3) is 0.286. The summed E-state index contributed by atoms with van der Waals surface area (Å²) in [6.07, 6.45) is 0.819. The summed E-state index contributed by atoms with van der Waals surface area (Å²) in [5.41, 5.74) is 1.06. The van der Waals surface area contributed by atoms with Crippen LogP contribution in [0.2, 0.25) is 0 Å². The molecule has 0 bridgehead atoms. The Morgan fingerprint density at radius 3 is 2.71 bits per heavy atom. The van der Waals surface area contributed by atoms with Crippen LogP contribution in [0.15, 0.2) is 47.8 Å². The lowest BCUT2D eigenvalue weighted by Crippen LogP contribution is -2.35. The lowest BCUT2D eigenvalue weighted by atomic mass is 10.1. The van der Waals surface area contributed by atoms with E-state index >= 15 is 0 Å². The van der Waals surface area contributed by atoms with Gasteiger partial charge in [0.1, 0.15) is 5.01 Å². The molecule has 0 unspecified atom stereocenters. The molecule has 7 heteroatoms. The molecule has 1 N–H and O–H groups in total. The quantitative estimate of drug-likeness (QED) is 0.575. The first-order valence-electron chi connectivity index (χ1n) is 9.27. The van der Waals surface area contributed by atoms with Gasteiger partial charge in [-0.05, 0) is 24.8 Å². The minimum absolute atomic E-state index is 0.189. The first kappa shape index (κ1) is 19.8. The second-order valence-electron chi connectivity index (χ2n) is 6.23. The molecular formula is C21H23N3O3S. The fourth-order valence-corrected chi connectivity index (χ4v) is 3.67. The molecule has 2 aromatic carbocycles. The van der Waals surface area contributed by atoms with Crippen LogP contribution in [-0.2, 0) is 11.3 Å². The summed E-state index contributed by atoms with van der Waals surface area (Å²) in [6, 6.07) is 13.6. The highest BCUT2D eigenvalue weighted by Gasteiger charge is 2.18. The van der Waals surface area contributed by atoms with Gasteiger partial charge >= 0.3 is 12.0 Å². The van der Waals surface area contributed by atoms with E-state index in [1.165, 1.54) is 11.3 Å². The number of hydrogen-bond donors (Lipinski definition) is 1. The molecule has 0 atom stereocenters. The first-order chi connectivity index (χ1) is 13.6. The van der Waals surface area contributed by atoms with E-state index < -0.39 is 5.97 Å². The largest absolute Gasteiger partial charge is 0.461 e. The first-order valence-corrected chi connectivity index (χ1v) is 10.2. The number of nitrogens with one attached hydrogen (secondary N) is 1. The summed E-state index contributed by atoms with van der Waals surface area (Å²) in [7, 11) is 0. The predicted molar refractivity (Wildman–Crippen MR) is 112 cm³/mol. The maximum Gasteiger partial charge on any atom is 0.357 e. The maximum absolute atomic E-state index is 12.9. The van der Waals surface area contributed by atoms with Crippen molar-refractivity contribution in [3.8, 4) is 0 Å². The van der Waals surface area contributed by atoms with Gasteiger partial charge in [-0.25, -0.2) is 14.6 Å². The smallest absolute Gasteiger partial charge is 0.357 e. The number of fused-ring (bicyclic) bond motifs is 1. The van der Waals surface area contributed by atoms with Crippen molar-refractivity contribution in [3.05, 3.63) is 58.5 Å². The Balaban J connectivity index is 1.74. The normalized spacial score (nSPS) is 10.6. The van der Waals surface area contributed by atoms with Gasteiger partial charge in [0.2, 0.25) is 0 Å². The van der Waals surface area contributed by atoms with E-state index in [9.17, 15) is 9.59 Å². The average molecular weight is 398 g/mol. The van der Waals surface area contributed by atoms with Crippen LogP contribution < -0.4 is 5.32 Å². The van der Waals surface area contributed by atoms with Gasteiger partial charge in [0.15, 0.2) is 5.69 Å². The summed E-state index contributed by atoms with van der Waals surface area (Å²) < 4.78 is 4.97. The van der Waals surface area contributed by atoms with Gasteiger partial charge in [-0.1, -0.05) is 43.3 Å².